The third-order valence-corrected chi connectivity index (χ3v) is 4.24. The largest absolute Gasteiger partial charge is 0.374 e. The fourth-order valence-electron chi connectivity index (χ4n) is 2.88. The Balaban J connectivity index is 1.64. The number of nitrogens with zero attached hydrogens (tertiary/aromatic N) is 3. The van der Waals surface area contributed by atoms with Crippen molar-refractivity contribution in [2.75, 3.05) is 13.2 Å². The second-order valence-corrected chi connectivity index (χ2v) is 5.87. The van der Waals surface area contributed by atoms with E-state index >= 15 is 0 Å². The van der Waals surface area contributed by atoms with Crippen molar-refractivity contribution >= 4 is 5.91 Å². The van der Waals surface area contributed by atoms with Gasteiger partial charge in [0.25, 0.3) is 11.8 Å². The molecule has 7 heteroatoms. The van der Waals surface area contributed by atoms with Crippen LogP contribution >= 0.6 is 0 Å². The number of carbonyl (C=O) groups is 1. The molecule has 1 aliphatic carbocycles. The quantitative estimate of drug-likeness (QED) is 0.935. The minimum absolute atomic E-state index is 0.0729. The summed E-state index contributed by atoms with van der Waals surface area (Å²) in [5.41, 5.74) is 0.557. The molecule has 1 saturated heterocycles. The Bertz CT molecular complexity index is 662. The first-order valence-electron chi connectivity index (χ1n) is 7.63. The van der Waals surface area contributed by atoms with E-state index in [0.717, 1.165) is 18.7 Å². The summed E-state index contributed by atoms with van der Waals surface area (Å²) in [5.74, 6) is 1.57. The lowest BCUT2D eigenvalue weighted by Crippen LogP contribution is -2.47. The summed E-state index contributed by atoms with van der Waals surface area (Å²) in [6.45, 7) is 2.95. The highest BCUT2D eigenvalue weighted by atomic mass is 16.5. The maximum atomic E-state index is 12.7. The van der Waals surface area contributed by atoms with Gasteiger partial charge in [-0.2, -0.15) is 4.98 Å². The summed E-state index contributed by atoms with van der Waals surface area (Å²) in [4.78, 5) is 21.9. The molecule has 0 spiro atoms. The maximum absolute atomic E-state index is 12.7. The Kier molecular flexibility index (Phi) is 3.22. The maximum Gasteiger partial charge on any atom is 0.271 e. The number of amides is 1. The van der Waals surface area contributed by atoms with E-state index in [-0.39, 0.29) is 18.1 Å². The van der Waals surface area contributed by atoms with Crippen molar-refractivity contribution in [1.82, 2.24) is 20.0 Å². The summed E-state index contributed by atoms with van der Waals surface area (Å²) >= 11 is 0. The van der Waals surface area contributed by atoms with E-state index in [1.54, 1.807) is 17.2 Å². The average Bonchev–Trinajstić information content (AvgIpc) is 3.04. The van der Waals surface area contributed by atoms with Crippen molar-refractivity contribution in [2.45, 2.75) is 37.8 Å². The number of carbonyl (C=O) groups excluding carboxylic acids is 1. The van der Waals surface area contributed by atoms with E-state index < -0.39 is 0 Å². The zero-order valence-corrected chi connectivity index (χ0v) is 12.4. The van der Waals surface area contributed by atoms with Gasteiger partial charge in [0.15, 0.2) is 5.82 Å². The molecule has 2 aromatic rings. The highest BCUT2D eigenvalue weighted by Gasteiger charge is 2.39. The van der Waals surface area contributed by atoms with Gasteiger partial charge in [-0.15, -0.1) is 0 Å². The molecule has 2 aliphatic rings. The summed E-state index contributed by atoms with van der Waals surface area (Å²) in [7, 11) is 0. The lowest BCUT2D eigenvalue weighted by Gasteiger charge is -2.37. The number of rotatable bonds is 3. The van der Waals surface area contributed by atoms with Gasteiger partial charge in [-0.05, 0) is 31.9 Å². The first-order valence-corrected chi connectivity index (χ1v) is 7.63. The van der Waals surface area contributed by atoms with E-state index in [1.807, 2.05) is 13.0 Å². The third-order valence-electron chi connectivity index (χ3n) is 4.24. The number of H-pyrrole nitrogens is 1. The Hall–Kier alpha value is -2.15. The van der Waals surface area contributed by atoms with E-state index in [4.69, 9.17) is 9.26 Å². The first kappa shape index (κ1) is 13.5. The Morgan fingerprint density at radius 2 is 2.32 bits per heavy atom. The Labute approximate surface area is 127 Å². The third kappa shape index (κ3) is 2.31. The smallest absolute Gasteiger partial charge is 0.271 e. The molecule has 0 bridgehead atoms. The molecule has 4 rings (SSSR count). The van der Waals surface area contributed by atoms with Crippen molar-refractivity contribution < 1.29 is 14.1 Å². The topological polar surface area (TPSA) is 84.2 Å². The SMILES string of the molecule is C[C@H]1OCCN(C(=O)c2ccc[nH]2)[C@@H]1c1nc(C2CC2)no1. The van der Waals surface area contributed by atoms with Crippen LogP contribution in [0.15, 0.2) is 22.9 Å². The van der Waals surface area contributed by atoms with Crippen molar-refractivity contribution in [3.63, 3.8) is 0 Å². The molecule has 7 nitrogen and oxygen atoms in total. The van der Waals surface area contributed by atoms with Crippen LogP contribution in [0.3, 0.4) is 0 Å². The van der Waals surface area contributed by atoms with Gasteiger partial charge in [-0.1, -0.05) is 5.16 Å². The number of ether oxygens (including phenoxy) is 1. The second-order valence-electron chi connectivity index (χ2n) is 5.87. The molecule has 1 N–H and O–H groups in total. The minimum Gasteiger partial charge on any atom is -0.374 e. The highest BCUT2D eigenvalue weighted by Crippen LogP contribution is 2.39. The molecular weight excluding hydrogens is 284 g/mol. The van der Waals surface area contributed by atoms with Gasteiger partial charge in [0.2, 0.25) is 0 Å². The van der Waals surface area contributed by atoms with Crippen LogP contribution in [-0.4, -0.2) is 45.2 Å². The van der Waals surface area contributed by atoms with Crippen molar-refractivity contribution in [3.05, 3.63) is 35.7 Å². The van der Waals surface area contributed by atoms with Crippen LogP contribution in [0.4, 0.5) is 0 Å². The number of hydrogen-bond acceptors (Lipinski definition) is 5. The van der Waals surface area contributed by atoms with Gasteiger partial charge < -0.3 is 19.1 Å². The molecule has 2 fully saturated rings. The fourth-order valence-corrected chi connectivity index (χ4v) is 2.88. The van der Waals surface area contributed by atoms with Crippen LogP contribution in [0, 0.1) is 0 Å². The number of morpholine rings is 1. The predicted octanol–water partition coefficient (Wildman–Crippen LogP) is 1.88. The second kappa shape index (κ2) is 5.24. The fraction of sp³-hybridized carbons (Fsp3) is 0.533. The van der Waals surface area contributed by atoms with Crippen LogP contribution in [0.2, 0.25) is 0 Å². The molecule has 0 aromatic carbocycles. The van der Waals surface area contributed by atoms with Gasteiger partial charge in [0.05, 0.1) is 12.7 Å². The van der Waals surface area contributed by atoms with Crippen molar-refractivity contribution in [3.8, 4) is 0 Å². The van der Waals surface area contributed by atoms with E-state index in [2.05, 4.69) is 15.1 Å². The van der Waals surface area contributed by atoms with Gasteiger partial charge in [-0.25, -0.2) is 0 Å². The number of nitrogens with one attached hydrogen (secondary N) is 1. The van der Waals surface area contributed by atoms with Crippen LogP contribution in [-0.2, 0) is 4.74 Å². The summed E-state index contributed by atoms with van der Waals surface area (Å²) < 4.78 is 11.1. The molecule has 1 aliphatic heterocycles. The lowest BCUT2D eigenvalue weighted by molar-refractivity contribution is -0.0602. The van der Waals surface area contributed by atoms with Gasteiger partial charge in [-0.3, -0.25) is 4.79 Å². The van der Waals surface area contributed by atoms with Crippen LogP contribution in [0.5, 0.6) is 0 Å². The van der Waals surface area contributed by atoms with E-state index in [1.165, 1.54) is 0 Å². The molecule has 2 atom stereocenters. The number of aromatic nitrogens is 3. The summed E-state index contributed by atoms with van der Waals surface area (Å²) in [6, 6.07) is 3.23. The standard InChI is InChI=1S/C15H18N4O3/c1-9-12(14-17-13(18-22-14)10-4-5-10)19(7-8-21-9)15(20)11-3-2-6-16-11/h2-3,6,9-10,12,16H,4-5,7-8H2,1H3/t9-,12+/m1/s1. The molecule has 1 saturated carbocycles. The molecular formula is C15H18N4O3. The molecule has 3 heterocycles. The molecule has 1 amide bonds. The van der Waals surface area contributed by atoms with Gasteiger partial charge >= 0.3 is 0 Å². The normalized spacial score (nSPS) is 25.4. The zero-order chi connectivity index (χ0) is 15.1. The monoisotopic (exact) mass is 302 g/mol. The van der Waals surface area contributed by atoms with E-state index in [0.29, 0.717) is 30.7 Å². The minimum atomic E-state index is -0.343. The van der Waals surface area contributed by atoms with Crippen LogP contribution in [0.25, 0.3) is 0 Å². The van der Waals surface area contributed by atoms with Gasteiger partial charge in [0.1, 0.15) is 11.7 Å². The van der Waals surface area contributed by atoms with Gasteiger partial charge in [0, 0.05) is 18.7 Å². The molecule has 2 aromatic heterocycles. The number of hydrogen-bond donors (Lipinski definition) is 1. The molecule has 0 unspecified atom stereocenters. The summed E-state index contributed by atoms with van der Waals surface area (Å²) in [6.07, 6.45) is 3.78. The van der Waals surface area contributed by atoms with Crippen LogP contribution < -0.4 is 0 Å². The van der Waals surface area contributed by atoms with Crippen molar-refractivity contribution in [2.24, 2.45) is 0 Å². The first-order chi connectivity index (χ1) is 10.7. The van der Waals surface area contributed by atoms with Crippen LogP contribution in [0.1, 0.15) is 53.9 Å². The summed E-state index contributed by atoms with van der Waals surface area (Å²) in [5, 5.41) is 4.06. The average molecular weight is 302 g/mol. The Morgan fingerprint density at radius 1 is 1.45 bits per heavy atom. The Morgan fingerprint density at radius 3 is 3.05 bits per heavy atom. The van der Waals surface area contributed by atoms with Crippen molar-refractivity contribution in [1.29, 1.82) is 0 Å². The number of aromatic amines is 1. The molecule has 22 heavy (non-hydrogen) atoms. The highest BCUT2D eigenvalue weighted by molar-refractivity contribution is 5.92. The molecule has 116 valence electrons. The van der Waals surface area contributed by atoms with E-state index in [9.17, 15) is 4.79 Å². The molecule has 0 radical (unpaired) electrons. The zero-order valence-electron chi connectivity index (χ0n) is 12.4. The lowest BCUT2D eigenvalue weighted by atomic mass is 10.1. The predicted molar refractivity (Wildman–Crippen MR) is 76.3 cm³/mol.